The van der Waals surface area contributed by atoms with Crippen molar-refractivity contribution in [2.24, 2.45) is 5.92 Å². The van der Waals surface area contributed by atoms with Gasteiger partial charge in [-0.1, -0.05) is 55.8 Å². The Morgan fingerprint density at radius 2 is 1.77 bits per heavy atom. The standard InChI is InChI=1S/C24H32N2O4S/c1-2-3-16-30-23-11-7-10-21(17-23)18-25-24(27)22-12-14-26(15-13-22)31(28,29)19-20-8-5-4-6-9-20/h4-11,17,22H,2-3,12-16,18-19H2,1H3,(H,25,27). The highest BCUT2D eigenvalue weighted by molar-refractivity contribution is 7.88. The first-order valence-corrected chi connectivity index (χ1v) is 12.6. The molecule has 168 valence electrons. The highest BCUT2D eigenvalue weighted by Gasteiger charge is 2.31. The summed E-state index contributed by atoms with van der Waals surface area (Å²) in [6.45, 7) is 4.02. The Morgan fingerprint density at radius 1 is 1.06 bits per heavy atom. The topological polar surface area (TPSA) is 75.7 Å². The number of carbonyl (C=O) groups excluding carboxylic acids is 1. The molecule has 3 rings (SSSR count). The van der Waals surface area contributed by atoms with Gasteiger partial charge in [0, 0.05) is 25.6 Å². The molecule has 6 nitrogen and oxygen atoms in total. The number of unbranched alkanes of at least 4 members (excludes halogenated alkanes) is 1. The number of hydrogen-bond acceptors (Lipinski definition) is 4. The summed E-state index contributed by atoms with van der Waals surface area (Å²) in [5, 5.41) is 2.99. The van der Waals surface area contributed by atoms with Crippen LogP contribution in [-0.2, 0) is 27.1 Å². The van der Waals surface area contributed by atoms with E-state index in [1.54, 1.807) is 0 Å². The van der Waals surface area contributed by atoms with Gasteiger partial charge in [-0.3, -0.25) is 4.79 Å². The van der Waals surface area contributed by atoms with Crippen LogP contribution in [0, 0.1) is 5.92 Å². The van der Waals surface area contributed by atoms with Gasteiger partial charge in [-0.25, -0.2) is 12.7 Å². The molecule has 1 aliphatic heterocycles. The van der Waals surface area contributed by atoms with Crippen LogP contribution in [0.2, 0.25) is 0 Å². The predicted molar refractivity (Wildman–Crippen MR) is 122 cm³/mol. The Bertz CT molecular complexity index is 939. The van der Waals surface area contributed by atoms with Crippen molar-refractivity contribution in [3.63, 3.8) is 0 Å². The van der Waals surface area contributed by atoms with Crippen molar-refractivity contribution < 1.29 is 17.9 Å². The van der Waals surface area contributed by atoms with Crippen molar-refractivity contribution in [1.82, 2.24) is 9.62 Å². The number of benzene rings is 2. The fraction of sp³-hybridized carbons (Fsp3) is 0.458. The predicted octanol–water partition coefficient (Wildman–Crippen LogP) is 3.72. The fourth-order valence-corrected chi connectivity index (χ4v) is 5.25. The lowest BCUT2D eigenvalue weighted by Crippen LogP contribution is -2.43. The zero-order valence-electron chi connectivity index (χ0n) is 18.1. The van der Waals surface area contributed by atoms with Crippen molar-refractivity contribution in [2.75, 3.05) is 19.7 Å². The Morgan fingerprint density at radius 3 is 2.48 bits per heavy atom. The van der Waals surface area contributed by atoms with Crippen molar-refractivity contribution in [3.8, 4) is 5.75 Å². The molecule has 0 radical (unpaired) electrons. The van der Waals surface area contributed by atoms with Crippen LogP contribution in [0.25, 0.3) is 0 Å². The quantitative estimate of drug-likeness (QED) is 0.567. The molecular formula is C24H32N2O4S. The van der Waals surface area contributed by atoms with Crippen LogP contribution in [0.3, 0.4) is 0 Å². The van der Waals surface area contributed by atoms with Crippen LogP contribution < -0.4 is 10.1 Å². The minimum absolute atomic E-state index is 0.00136. The van der Waals surface area contributed by atoms with Gasteiger partial charge in [0.25, 0.3) is 0 Å². The molecule has 0 bridgehead atoms. The second-order valence-electron chi connectivity index (χ2n) is 7.98. The summed E-state index contributed by atoms with van der Waals surface area (Å²) in [6.07, 6.45) is 3.18. The SMILES string of the molecule is CCCCOc1cccc(CNC(=O)C2CCN(S(=O)(=O)Cc3ccccc3)CC2)c1. The number of nitrogens with one attached hydrogen (secondary N) is 1. The Kier molecular flexibility index (Phi) is 8.49. The minimum atomic E-state index is -3.37. The maximum Gasteiger partial charge on any atom is 0.223 e. The number of carbonyl (C=O) groups is 1. The van der Waals surface area contributed by atoms with E-state index in [0.29, 0.717) is 39.1 Å². The fourth-order valence-electron chi connectivity index (χ4n) is 3.69. The van der Waals surface area contributed by atoms with Gasteiger partial charge < -0.3 is 10.1 Å². The number of ether oxygens (including phenoxy) is 1. The van der Waals surface area contributed by atoms with E-state index in [1.165, 1.54) is 4.31 Å². The van der Waals surface area contributed by atoms with Gasteiger partial charge in [0.15, 0.2) is 0 Å². The van der Waals surface area contributed by atoms with E-state index in [4.69, 9.17) is 4.74 Å². The van der Waals surface area contributed by atoms with E-state index in [9.17, 15) is 13.2 Å². The van der Waals surface area contributed by atoms with Crippen LogP contribution in [-0.4, -0.2) is 38.3 Å². The maximum atomic E-state index is 12.7. The lowest BCUT2D eigenvalue weighted by atomic mass is 9.97. The second-order valence-corrected chi connectivity index (χ2v) is 9.95. The third kappa shape index (κ3) is 7.08. The largest absolute Gasteiger partial charge is 0.494 e. The molecule has 0 atom stereocenters. The zero-order valence-corrected chi connectivity index (χ0v) is 18.9. The number of piperidine rings is 1. The van der Waals surface area contributed by atoms with Crippen LogP contribution in [0.4, 0.5) is 0 Å². The van der Waals surface area contributed by atoms with E-state index in [2.05, 4.69) is 12.2 Å². The van der Waals surface area contributed by atoms with E-state index in [-0.39, 0.29) is 17.6 Å². The number of rotatable bonds is 10. The van der Waals surface area contributed by atoms with Crippen LogP contribution >= 0.6 is 0 Å². The molecule has 2 aromatic carbocycles. The van der Waals surface area contributed by atoms with Crippen LogP contribution in [0.1, 0.15) is 43.7 Å². The maximum absolute atomic E-state index is 12.7. The molecule has 0 unspecified atom stereocenters. The summed E-state index contributed by atoms with van der Waals surface area (Å²) in [6, 6.07) is 17.0. The van der Waals surface area contributed by atoms with Gasteiger partial charge in [0.1, 0.15) is 5.75 Å². The summed E-state index contributed by atoms with van der Waals surface area (Å²) in [5.41, 5.74) is 1.77. The van der Waals surface area contributed by atoms with E-state index < -0.39 is 10.0 Å². The van der Waals surface area contributed by atoms with Crippen molar-refractivity contribution in [2.45, 2.75) is 44.9 Å². The van der Waals surface area contributed by atoms with Crippen molar-refractivity contribution in [3.05, 3.63) is 65.7 Å². The van der Waals surface area contributed by atoms with Gasteiger partial charge in [-0.2, -0.15) is 0 Å². The molecular weight excluding hydrogens is 412 g/mol. The molecule has 0 saturated carbocycles. The second kappa shape index (κ2) is 11.3. The molecule has 1 amide bonds. The van der Waals surface area contributed by atoms with E-state index >= 15 is 0 Å². The van der Waals surface area contributed by atoms with E-state index in [0.717, 1.165) is 29.7 Å². The van der Waals surface area contributed by atoms with Crippen molar-refractivity contribution in [1.29, 1.82) is 0 Å². The molecule has 1 heterocycles. The molecule has 1 fully saturated rings. The van der Waals surface area contributed by atoms with Gasteiger partial charge in [-0.15, -0.1) is 0 Å². The van der Waals surface area contributed by atoms with Gasteiger partial charge in [0.05, 0.1) is 12.4 Å². The molecule has 1 saturated heterocycles. The number of amides is 1. The molecule has 31 heavy (non-hydrogen) atoms. The van der Waals surface area contributed by atoms with Gasteiger partial charge in [0.2, 0.25) is 15.9 Å². The molecule has 1 aliphatic rings. The summed E-state index contributed by atoms with van der Waals surface area (Å²) in [7, 11) is -3.37. The lowest BCUT2D eigenvalue weighted by molar-refractivity contribution is -0.126. The monoisotopic (exact) mass is 444 g/mol. The number of sulfonamides is 1. The highest BCUT2D eigenvalue weighted by Crippen LogP contribution is 2.22. The Balaban J connectivity index is 1.45. The average molecular weight is 445 g/mol. The first-order valence-electron chi connectivity index (χ1n) is 11.0. The minimum Gasteiger partial charge on any atom is -0.494 e. The third-order valence-electron chi connectivity index (χ3n) is 5.54. The average Bonchev–Trinajstić information content (AvgIpc) is 2.78. The Labute approximate surface area is 185 Å². The van der Waals surface area contributed by atoms with E-state index in [1.807, 2.05) is 54.6 Å². The summed E-state index contributed by atoms with van der Waals surface area (Å²) in [5.74, 6) is 0.642. The summed E-state index contributed by atoms with van der Waals surface area (Å²) < 4.78 is 32.6. The molecule has 0 aliphatic carbocycles. The van der Waals surface area contributed by atoms with Crippen molar-refractivity contribution >= 4 is 15.9 Å². The van der Waals surface area contributed by atoms with Gasteiger partial charge >= 0.3 is 0 Å². The first-order chi connectivity index (χ1) is 15.0. The Hall–Kier alpha value is -2.38. The smallest absolute Gasteiger partial charge is 0.223 e. The molecule has 7 heteroatoms. The molecule has 1 N–H and O–H groups in total. The number of nitrogens with zero attached hydrogens (tertiary/aromatic N) is 1. The molecule has 0 aromatic heterocycles. The van der Waals surface area contributed by atoms with Crippen LogP contribution in [0.5, 0.6) is 5.75 Å². The summed E-state index contributed by atoms with van der Waals surface area (Å²) in [4.78, 5) is 12.6. The molecule has 2 aromatic rings. The zero-order chi connectivity index (χ0) is 22.1. The third-order valence-corrected chi connectivity index (χ3v) is 7.39. The van der Waals surface area contributed by atoms with Crippen LogP contribution in [0.15, 0.2) is 54.6 Å². The first kappa shape index (κ1) is 23.3. The highest BCUT2D eigenvalue weighted by atomic mass is 32.2. The van der Waals surface area contributed by atoms with Gasteiger partial charge in [-0.05, 0) is 42.5 Å². The summed E-state index contributed by atoms with van der Waals surface area (Å²) >= 11 is 0. The molecule has 0 spiro atoms. The number of hydrogen-bond donors (Lipinski definition) is 1. The lowest BCUT2D eigenvalue weighted by Gasteiger charge is -2.30. The normalized spacial score (nSPS) is 15.5.